The van der Waals surface area contributed by atoms with E-state index in [-0.39, 0.29) is 11.9 Å². The summed E-state index contributed by atoms with van der Waals surface area (Å²) in [7, 11) is 1.82. The summed E-state index contributed by atoms with van der Waals surface area (Å²) in [6, 6.07) is -0.471. The van der Waals surface area contributed by atoms with Crippen molar-refractivity contribution in [3.63, 3.8) is 0 Å². The Labute approximate surface area is 112 Å². The van der Waals surface area contributed by atoms with E-state index < -0.39 is 17.9 Å². The van der Waals surface area contributed by atoms with Crippen LogP contribution < -0.4 is 0 Å². The highest BCUT2D eigenvalue weighted by Gasteiger charge is 2.42. The number of aliphatic carboxylic acids is 1. The quantitative estimate of drug-likeness (QED) is 0.890. The number of carboxylic acid groups (broad SMARTS) is 1. The lowest BCUT2D eigenvalue weighted by molar-refractivity contribution is -0.153. The van der Waals surface area contributed by atoms with Crippen molar-refractivity contribution in [2.24, 2.45) is 13.0 Å². The minimum atomic E-state index is -0.857. The number of aryl methyl sites for hydroxylation is 1. The number of hydrogen-bond donors (Lipinski definition) is 1. The van der Waals surface area contributed by atoms with Gasteiger partial charge >= 0.3 is 5.97 Å². The van der Waals surface area contributed by atoms with E-state index in [4.69, 9.17) is 0 Å². The third-order valence-corrected chi connectivity index (χ3v) is 3.67. The van der Waals surface area contributed by atoms with Crippen molar-refractivity contribution >= 4 is 11.9 Å². The van der Waals surface area contributed by atoms with Gasteiger partial charge in [0.15, 0.2) is 0 Å². The molecule has 0 radical (unpaired) electrons. The highest BCUT2D eigenvalue weighted by Crippen LogP contribution is 2.37. The molecule has 0 saturated carbocycles. The fourth-order valence-electron chi connectivity index (χ4n) is 2.78. The topological polar surface area (TPSA) is 75.4 Å². The van der Waals surface area contributed by atoms with Crippen LogP contribution in [0.1, 0.15) is 38.4 Å². The Hall–Kier alpha value is -1.85. The molecule has 2 rings (SSSR count). The molecule has 1 saturated heterocycles. The van der Waals surface area contributed by atoms with Crippen LogP contribution in [0.25, 0.3) is 0 Å². The molecule has 1 aromatic rings. The number of carboxylic acids is 1. The summed E-state index contributed by atoms with van der Waals surface area (Å²) in [5.74, 6) is -1.42. The molecule has 1 aromatic heterocycles. The number of rotatable bonds is 3. The second kappa shape index (κ2) is 5.03. The predicted molar refractivity (Wildman–Crippen MR) is 68.3 cm³/mol. The van der Waals surface area contributed by atoms with E-state index in [9.17, 15) is 14.7 Å². The number of amides is 1. The summed E-state index contributed by atoms with van der Waals surface area (Å²) in [5, 5.41) is 9.42. The van der Waals surface area contributed by atoms with Gasteiger partial charge in [-0.05, 0) is 20.3 Å². The van der Waals surface area contributed by atoms with Crippen molar-refractivity contribution < 1.29 is 14.7 Å². The first-order chi connectivity index (χ1) is 8.93. The molecule has 6 nitrogen and oxygen atoms in total. The third kappa shape index (κ3) is 2.34. The Morgan fingerprint density at radius 1 is 1.53 bits per heavy atom. The first-order valence-corrected chi connectivity index (χ1v) is 6.43. The van der Waals surface area contributed by atoms with Gasteiger partial charge in [-0.15, -0.1) is 0 Å². The number of hydrogen-bond acceptors (Lipinski definition) is 3. The zero-order valence-corrected chi connectivity index (χ0v) is 11.4. The first-order valence-electron chi connectivity index (χ1n) is 6.43. The number of carbonyl (C=O) groups excluding carboxylic acids is 1. The summed E-state index contributed by atoms with van der Waals surface area (Å²) in [4.78, 5) is 29.3. The lowest BCUT2D eigenvalue weighted by atomic mass is 9.86. The fourth-order valence-corrected chi connectivity index (χ4v) is 2.78. The van der Waals surface area contributed by atoms with Gasteiger partial charge < -0.3 is 14.6 Å². The SMILES string of the molecule is CC(C)N1C(=O)CCC(C(=O)O)C1c1cncn1C. The van der Waals surface area contributed by atoms with E-state index in [1.807, 2.05) is 20.9 Å². The summed E-state index contributed by atoms with van der Waals surface area (Å²) < 4.78 is 1.79. The molecule has 1 amide bonds. The van der Waals surface area contributed by atoms with Crippen LogP contribution in [0.3, 0.4) is 0 Å². The van der Waals surface area contributed by atoms with Gasteiger partial charge in [-0.1, -0.05) is 0 Å². The zero-order chi connectivity index (χ0) is 14.2. The van der Waals surface area contributed by atoms with Gasteiger partial charge in [0.1, 0.15) is 0 Å². The van der Waals surface area contributed by atoms with Crippen LogP contribution in [0.15, 0.2) is 12.5 Å². The lowest BCUT2D eigenvalue weighted by Crippen LogP contribution is -2.49. The molecule has 1 N–H and O–H groups in total. The smallest absolute Gasteiger partial charge is 0.309 e. The number of imidazole rings is 1. The molecule has 6 heteroatoms. The molecule has 1 aliphatic heterocycles. The summed E-state index contributed by atoms with van der Waals surface area (Å²) in [6.45, 7) is 3.82. The maximum atomic E-state index is 12.1. The number of carbonyl (C=O) groups is 2. The summed E-state index contributed by atoms with van der Waals surface area (Å²) in [5.41, 5.74) is 0.772. The third-order valence-electron chi connectivity index (χ3n) is 3.67. The van der Waals surface area contributed by atoms with Crippen LogP contribution >= 0.6 is 0 Å². The molecule has 1 aliphatic rings. The van der Waals surface area contributed by atoms with Crippen molar-refractivity contribution in [3.8, 4) is 0 Å². The molecule has 0 bridgehead atoms. The van der Waals surface area contributed by atoms with E-state index in [1.54, 1.807) is 22.0 Å². The summed E-state index contributed by atoms with van der Waals surface area (Å²) >= 11 is 0. The van der Waals surface area contributed by atoms with Crippen LogP contribution in [0, 0.1) is 5.92 Å². The number of aromatic nitrogens is 2. The second-order valence-electron chi connectivity index (χ2n) is 5.25. The van der Waals surface area contributed by atoms with Crippen LogP contribution in [0.4, 0.5) is 0 Å². The molecule has 2 unspecified atom stereocenters. The molecule has 1 fully saturated rings. The van der Waals surface area contributed by atoms with Gasteiger partial charge in [-0.25, -0.2) is 4.98 Å². The van der Waals surface area contributed by atoms with Crippen molar-refractivity contribution in [1.29, 1.82) is 0 Å². The van der Waals surface area contributed by atoms with Crippen LogP contribution in [0.2, 0.25) is 0 Å². The molecule has 19 heavy (non-hydrogen) atoms. The standard InChI is InChI=1S/C13H19N3O3/c1-8(2)16-11(17)5-4-9(13(18)19)12(16)10-6-14-7-15(10)3/h6-9,12H,4-5H2,1-3H3,(H,18,19). The highest BCUT2D eigenvalue weighted by molar-refractivity contribution is 5.81. The van der Waals surface area contributed by atoms with Crippen molar-refractivity contribution in [2.75, 3.05) is 0 Å². The fraction of sp³-hybridized carbons (Fsp3) is 0.615. The molecule has 2 atom stereocenters. The van der Waals surface area contributed by atoms with Crippen LogP contribution in [0.5, 0.6) is 0 Å². The van der Waals surface area contributed by atoms with Crippen LogP contribution in [-0.4, -0.2) is 37.5 Å². The van der Waals surface area contributed by atoms with E-state index >= 15 is 0 Å². The van der Waals surface area contributed by atoms with Gasteiger partial charge in [0.2, 0.25) is 5.91 Å². The average molecular weight is 265 g/mol. The Kier molecular flexibility index (Phi) is 3.59. The Morgan fingerprint density at radius 2 is 2.21 bits per heavy atom. The predicted octanol–water partition coefficient (Wildman–Crippen LogP) is 1.19. The molecule has 0 spiro atoms. The van der Waals surface area contributed by atoms with Crippen molar-refractivity contribution in [1.82, 2.24) is 14.5 Å². The molecule has 104 valence electrons. The van der Waals surface area contributed by atoms with Crippen molar-refractivity contribution in [3.05, 3.63) is 18.2 Å². The van der Waals surface area contributed by atoms with Gasteiger partial charge in [-0.2, -0.15) is 0 Å². The van der Waals surface area contributed by atoms with E-state index in [0.717, 1.165) is 5.69 Å². The zero-order valence-electron chi connectivity index (χ0n) is 11.4. The van der Waals surface area contributed by atoms with Crippen molar-refractivity contribution in [2.45, 2.75) is 38.8 Å². The normalized spacial score (nSPS) is 24.0. The number of piperidine rings is 1. The first kappa shape index (κ1) is 13.6. The molecule has 2 heterocycles. The Morgan fingerprint density at radius 3 is 2.68 bits per heavy atom. The molecular formula is C13H19N3O3. The highest BCUT2D eigenvalue weighted by atomic mass is 16.4. The van der Waals surface area contributed by atoms with Gasteiger partial charge in [-0.3, -0.25) is 9.59 Å². The second-order valence-corrected chi connectivity index (χ2v) is 5.25. The molecular weight excluding hydrogens is 246 g/mol. The molecule has 0 aliphatic carbocycles. The van der Waals surface area contributed by atoms with Gasteiger partial charge in [0, 0.05) is 19.5 Å². The van der Waals surface area contributed by atoms with E-state index in [2.05, 4.69) is 4.98 Å². The maximum Gasteiger partial charge on any atom is 0.309 e. The monoisotopic (exact) mass is 265 g/mol. The maximum absolute atomic E-state index is 12.1. The van der Waals surface area contributed by atoms with E-state index in [1.165, 1.54) is 0 Å². The largest absolute Gasteiger partial charge is 0.481 e. The minimum absolute atomic E-state index is 0.0127. The van der Waals surface area contributed by atoms with Crippen LogP contribution in [-0.2, 0) is 16.6 Å². The summed E-state index contributed by atoms with van der Waals surface area (Å²) in [6.07, 6.45) is 3.96. The molecule has 0 aromatic carbocycles. The van der Waals surface area contributed by atoms with Gasteiger partial charge in [0.25, 0.3) is 0 Å². The lowest BCUT2D eigenvalue weighted by Gasteiger charge is -2.41. The Balaban J connectivity index is 2.47. The average Bonchev–Trinajstić information content (AvgIpc) is 2.73. The van der Waals surface area contributed by atoms with E-state index in [0.29, 0.717) is 12.8 Å². The minimum Gasteiger partial charge on any atom is -0.481 e. The number of nitrogens with zero attached hydrogens (tertiary/aromatic N) is 3. The van der Waals surface area contributed by atoms with Gasteiger partial charge in [0.05, 0.1) is 30.2 Å². The Bertz CT molecular complexity index is 495. The number of likely N-dealkylation sites (tertiary alicyclic amines) is 1.